The van der Waals surface area contributed by atoms with Gasteiger partial charge in [0.25, 0.3) is 5.91 Å². The summed E-state index contributed by atoms with van der Waals surface area (Å²) in [5.74, 6) is -0.266. The normalized spacial score (nSPS) is 22.0. The average molecular weight is 420 g/mol. The van der Waals surface area contributed by atoms with Crippen LogP contribution in [0.4, 0.5) is 4.79 Å². The molecule has 2 heterocycles. The summed E-state index contributed by atoms with van der Waals surface area (Å²) >= 11 is 1.61. The molecule has 148 valence electrons. The van der Waals surface area contributed by atoms with Crippen LogP contribution >= 0.6 is 11.3 Å². The third kappa shape index (κ3) is 2.85. The summed E-state index contributed by atoms with van der Waals surface area (Å²) < 4.78 is 25.9. The number of aryl methyl sites for hydroxylation is 1. The maximum atomic E-state index is 13.3. The zero-order valence-electron chi connectivity index (χ0n) is 15.6. The molecule has 1 aromatic carbocycles. The van der Waals surface area contributed by atoms with Crippen LogP contribution in [0, 0.1) is 0 Å². The van der Waals surface area contributed by atoms with Crippen molar-refractivity contribution in [2.75, 3.05) is 14.1 Å². The highest BCUT2D eigenvalue weighted by molar-refractivity contribution is 7.89. The Morgan fingerprint density at radius 2 is 2.04 bits per heavy atom. The van der Waals surface area contributed by atoms with Gasteiger partial charge >= 0.3 is 6.03 Å². The van der Waals surface area contributed by atoms with Crippen molar-refractivity contribution in [2.45, 2.75) is 36.2 Å². The first-order valence-corrected chi connectivity index (χ1v) is 11.3. The third-order valence-electron chi connectivity index (χ3n) is 5.35. The van der Waals surface area contributed by atoms with Crippen molar-refractivity contribution in [3.05, 3.63) is 51.7 Å². The molecule has 1 saturated heterocycles. The summed E-state index contributed by atoms with van der Waals surface area (Å²) in [4.78, 5) is 28.4. The molecule has 7 nitrogen and oxygen atoms in total. The minimum Gasteiger partial charge on any atom is -0.319 e. The Balaban J connectivity index is 1.64. The van der Waals surface area contributed by atoms with E-state index >= 15 is 0 Å². The fraction of sp³-hybridized carbons (Fsp3) is 0.368. The molecule has 4 rings (SSSR count). The maximum absolute atomic E-state index is 13.3. The Hall–Kier alpha value is -2.23. The van der Waals surface area contributed by atoms with Gasteiger partial charge in [0, 0.05) is 24.5 Å². The number of carbonyl (C=O) groups is 2. The number of thiophene rings is 1. The molecule has 1 fully saturated rings. The number of rotatable bonds is 4. The molecule has 1 N–H and O–H groups in total. The van der Waals surface area contributed by atoms with Gasteiger partial charge in [0.05, 0.1) is 11.4 Å². The molecule has 3 amide bonds. The fourth-order valence-electron chi connectivity index (χ4n) is 3.88. The number of nitrogens with one attached hydrogen (secondary N) is 1. The Labute approximate surface area is 168 Å². The number of urea groups is 1. The highest BCUT2D eigenvalue weighted by Gasteiger charge is 2.54. The van der Waals surface area contributed by atoms with Gasteiger partial charge in [-0.2, -0.15) is 0 Å². The molecule has 2 aromatic rings. The molecule has 0 bridgehead atoms. The maximum Gasteiger partial charge on any atom is 0.325 e. The number of nitrogens with zero attached hydrogens (tertiary/aromatic N) is 2. The van der Waals surface area contributed by atoms with E-state index in [1.54, 1.807) is 23.5 Å². The summed E-state index contributed by atoms with van der Waals surface area (Å²) in [7, 11) is -0.663. The van der Waals surface area contributed by atoms with Crippen LogP contribution in [-0.4, -0.2) is 43.7 Å². The summed E-state index contributed by atoms with van der Waals surface area (Å²) in [6, 6.07) is 7.84. The SMILES string of the molecule is CN(C)S(=O)(=O)c1cccc(CN2C(=O)NC3(CCCc4sccc43)C2=O)c1. The van der Waals surface area contributed by atoms with Crippen LogP contribution in [0.1, 0.15) is 28.8 Å². The van der Waals surface area contributed by atoms with Crippen LogP contribution < -0.4 is 5.32 Å². The van der Waals surface area contributed by atoms with E-state index in [0.717, 1.165) is 27.6 Å². The van der Waals surface area contributed by atoms with Gasteiger partial charge in [-0.1, -0.05) is 12.1 Å². The molecule has 2 aliphatic rings. The summed E-state index contributed by atoms with van der Waals surface area (Å²) in [5.41, 5.74) is 0.496. The molecule has 1 unspecified atom stereocenters. The number of hydrogen-bond donors (Lipinski definition) is 1. The van der Waals surface area contributed by atoms with Crippen molar-refractivity contribution in [3.63, 3.8) is 0 Å². The van der Waals surface area contributed by atoms with Gasteiger partial charge < -0.3 is 5.32 Å². The molecular weight excluding hydrogens is 398 g/mol. The number of fused-ring (bicyclic) bond motifs is 2. The van der Waals surface area contributed by atoms with E-state index in [1.807, 2.05) is 11.4 Å². The largest absolute Gasteiger partial charge is 0.325 e. The van der Waals surface area contributed by atoms with Gasteiger partial charge in [-0.25, -0.2) is 17.5 Å². The van der Waals surface area contributed by atoms with Gasteiger partial charge in [0.15, 0.2) is 0 Å². The monoisotopic (exact) mass is 419 g/mol. The van der Waals surface area contributed by atoms with Crippen molar-refractivity contribution in [3.8, 4) is 0 Å². The predicted octanol–water partition coefficient (Wildman–Crippen LogP) is 2.28. The number of amides is 3. The quantitative estimate of drug-likeness (QED) is 0.771. The number of sulfonamides is 1. The van der Waals surface area contributed by atoms with Crippen LogP contribution in [0.5, 0.6) is 0 Å². The van der Waals surface area contributed by atoms with E-state index in [1.165, 1.54) is 31.1 Å². The smallest absolute Gasteiger partial charge is 0.319 e. The average Bonchev–Trinajstić information content (AvgIpc) is 3.23. The lowest BCUT2D eigenvalue weighted by atomic mass is 9.80. The molecule has 9 heteroatoms. The lowest BCUT2D eigenvalue weighted by Gasteiger charge is -2.31. The third-order valence-corrected chi connectivity index (χ3v) is 8.15. The number of imide groups is 1. The Morgan fingerprint density at radius 1 is 1.25 bits per heavy atom. The van der Waals surface area contributed by atoms with Crippen molar-refractivity contribution in [2.24, 2.45) is 0 Å². The second kappa shape index (κ2) is 6.68. The van der Waals surface area contributed by atoms with Crippen molar-refractivity contribution in [1.29, 1.82) is 0 Å². The molecule has 1 aliphatic heterocycles. The summed E-state index contributed by atoms with van der Waals surface area (Å²) in [6.07, 6.45) is 2.33. The molecule has 0 saturated carbocycles. The minimum atomic E-state index is -3.59. The van der Waals surface area contributed by atoms with Gasteiger partial charge in [-0.3, -0.25) is 9.69 Å². The van der Waals surface area contributed by atoms with Gasteiger partial charge in [0.2, 0.25) is 10.0 Å². The van der Waals surface area contributed by atoms with Crippen molar-refractivity contribution >= 4 is 33.3 Å². The first kappa shape index (κ1) is 19.1. The van der Waals surface area contributed by atoms with E-state index in [0.29, 0.717) is 12.0 Å². The lowest BCUT2D eigenvalue weighted by molar-refractivity contribution is -0.132. The van der Waals surface area contributed by atoms with Crippen LogP contribution in [0.25, 0.3) is 0 Å². The first-order chi connectivity index (χ1) is 13.3. The molecule has 1 aromatic heterocycles. The van der Waals surface area contributed by atoms with Crippen LogP contribution in [-0.2, 0) is 33.3 Å². The van der Waals surface area contributed by atoms with E-state index in [2.05, 4.69) is 5.32 Å². The van der Waals surface area contributed by atoms with E-state index in [4.69, 9.17) is 0 Å². The number of hydrogen-bond acceptors (Lipinski definition) is 5. The zero-order chi connectivity index (χ0) is 20.1. The molecule has 1 aliphatic carbocycles. The summed E-state index contributed by atoms with van der Waals surface area (Å²) in [5, 5.41) is 4.87. The fourth-order valence-corrected chi connectivity index (χ4v) is 5.85. The topological polar surface area (TPSA) is 86.8 Å². The standard InChI is InChI=1S/C19H21N3O4S2/c1-21(2)28(25,26)14-6-3-5-13(11-14)12-22-17(23)19(20-18(22)24)9-4-7-16-15(19)8-10-27-16/h3,5-6,8,10-11H,4,7,9,12H2,1-2H3,(H,20,24). The number of carbonyl (C=O) groups excluding carboxylic acids is 2. The van der Waals surface area contributed by atoms with Crippen LogP contribution in [0.2, 0.25) is 0 Å². The Bertz CT molecular complexity index is 1060. The van der Waals surface area contributed by atoms with Gasteiger partial charge in [-0.05, 0) is 48.4 Å². The predicted molar refractivity (Wildman–Crippen MR) is 105 cm³/mol. The Kier molecular flexibility index (Phi) is 4.56. The Morgan fingerprint density at radius 3 is 2.79 bits per heavy atom. The molecule has 0 radical (unpaired) electrons. The summed E-state index contributed by atoms with van der Waals surface area (Å²) in [6.45, 7) is 0.0304. The number of benzene rings is 1. The zero-order valence-corrected chi connectivity index (χ0v) is 17.3. The van der Waals surface area contributed by atoms with Crippen LogP contribution in [0.3, 0.4) is 0 Å². The van der Waals surface area contributed by atoms with Crippen molar-refractivity contribution < 1.29 is 18.0 Å². The van der Waals surface area contributed by atoms with Crippen LogP contribution in [0.15, 0.2) is 40.6 Å². The van der Waals surface area contributed by atoms with Crippen molar-refractivity contribution in [1.82, 2.24) is 14.5 Å². The van der Waals surface area contributed by atoms with Gasteiger partial charge in [-0.15, -0.1) is 11.3 Å². The van der Waals surface area contributed by atoms with E-state index < -0.39 is 21.6 Å². The molecule has 28 heavy (non-hydrogen) atoms. The molecular formula is C19H21N3O4S2. The highest BCUT2D eigenvalue weighted by atomic mass is 32.2. The van der Waals surface area contributed by atoms with E-state index in [-0.39, 0.29) is 17.3 Å². The lowest BCUT2D eigenvalue weighted by Crippen LogP contribution is -2.46. The second-order valence-electron chi connectivity index (χ2n) is 7.27. The highest BCUT2D eigenvalue weighted by Crippen LogP contribution is 2.42. The van der Waals surface area contributed by atoms with Gasteiger partial charge in [0.1, 0.15) is 5.54 Å². The minimum absolute atomic E-state index is 0.0304. The first-order valence-electron chi connectivity index (χ1n) is 8.98. The molecule has 1 spiro atoms. The molecule has 1 atom stereocenters. The van der Waals surface area contributed by atoms with E-state index in [9.17, 15) is 18.0 Å². The second-order valence-corrected chi connectivity index (χ2v) is 10.4.